The van der Waals surface area contributed by atoms with Crippen LogP contribution in [0.1, 0.15) is 32.8 Å². The highest BCUT2D eigenvalue weighted by atomic mass is 16.6. The van der Waals surface area contributed by atoms with Gasteiger partial charge >= 0.3 is 6.09 Å². The predicted molar refractivity (Wildman–Crippen MR) is 86.8 cm³/mol. The Labute approximate surface area is 137 Å². The average Bonchev–Trinajstić information content (AvgIpc) is 2.93. The van der Waals surface area contributed by atoms with Crippen LogP contribution in [-0.4, -0.2) is 40.8 Å². The smallest absolute Gasteiger partial charge is 0.416 e. The zero-order valence-corrected chi connectivity index (χ0v) is 13.9. The molecule has 1 aromatic rings. The number of amides is 2. The molecule has 0 radical (unpaired) electrons. The van der Waals surface area contributed by atoms with Gasteiger partial charge in [0.25, 0.3) is 0 Å². The molecule has 23 heavy (non-hydrogen) atoms. The van der Waals surface area contributed by atoms with Crippen LogP contribution in [-0.2, 0) is 16.0 Å². The Balaban J connectivity index is 2.11. The van der Waals surface area contributed by atoms with Crippen LogP contribution < -0.4 is 0 Å². The summed E-state index contributed by atoms with van der Waals surface area (Å²) in [5, 5.41) is 10.3. The zero-order valence-electron chi connectivity index (χ0n) is 13.9. The molecule has 126 valence electrons. The molecule has 0 aromatic heterocycles. The summed E-state index contributed by atoms with van der Waals surface area (Å²) in [6.45, 7) is 5.74. The highest BCUT2D eigenvalue weighted by Gasteiger charge is 2.41. The third-order valence-corrected chi connectivity index (χ3v) is 4.64. The van der Waals surface area contributed by atoms with Gasteiger partial charge in [0.2, 0.25) is 5.91 Å². The molecule has 1 aliphatic rings. The van der Waals surface area contributed by atoms with Crippen molar-refractivity contribution in [3.63, 3.8) is 0 Å². The van der Waals surface area contributed by atoms with Crippen LogP contribution >= 0.6 is 0 Å². The maximum Gasteiger partial charge on any atom is 0.416 e. The first-order valence-corrected chi connectivity index (χ1v) is 8.17. The number of hydrogen-bond donors (Lipinski definition) is 1. The Bertz CT molecular complexity index is 545. The molecule has 0 spiro atoms. The minimum absolute atomic E-state index is 0.000136. The fourth-order valence-electron chi connectivity index (χ4n) is 2.87. The number of carbonyl (C=O) groups is 2. The van der Waals surface area contributed by atoms with Crippen molar-refractivity contribution in [2.45, 2.75) is 45.8 Å². The molecular weight excluding hydrogens is 294 g/mol. The lowest BCUT2D eigenvalue weighted by Crippen LogP contribution is -2.46. The van der Waals surface area contributed by atoms with Gasteiger partial charge in [-0.3, -0.25) is 4.79 Å². The molecule has 2 rings (SSSR count). The number of carbonyl (C=O) groups excluding carboxylic acids is 2. The molecule has 1 saturated heterocycles. The van der Waals surface area contributed by atoms with Gasteiger partial charge in [-0.05, 0) is 17.9 Å². The van der Waals surface area contributed by atoms with Gasteiger partial charge in [0.15, 0.2) is 0 Å². The first-order valence-electron chi connectivity index (χ1n) is 8.17. The summed E-state index contributed by atoms with van der Waals surface area (Å²) in [4.78, 5) is 25.9. The molecule has 0 bridgehead atoms. The van der Waals surface area contributed by atoms with Crippen LogP contribution in [0.3, 0.4) is 0 Å². The highest BCUT2D eigenvalue weighted by Crippen LogP contribution is 2.24. The van der Waals surface area contributed by atoms with Crippen molar-refractivity contribution in [1.82, 2.24) is 4.90 Å². The maximum absolute atomic E-state index is 12.7. The van der Waals surface area contributed by atoms with E-state index in [1.54, 1.807) is 6.92 Å². The quantitative estimate of drug-likeness (QED) is 0.875. The van der Waals surface area contributed by atoms with Crippen LogP contribution in [0.5, 0.6) is 0 Å². The predicted octanol–water partition coefficient (Wildman–Crippen LogP) is 2.62. The van der Waals surface area contributed by atoms with Gasteiger partial charge in [0.05, 0.1) is 18.1 Å². The molecule has 4 atom stereocenters. The first kappa shape index (κ1) is 17.5. The van der Waals surface area contributed by atoms with Gasteiger partial charge in [-0.15, -0.1) is 0 Å². The molecule has 5 nitrogen and oxygen atoms in total. The first-order chi connectivity index (χ1) is 11.0. The summed E-state index contributed by atoms with van der Waals surface area (Å²) in [6.07, 6.45) is -0.0429. The Morgan fingerprint density at radius 2 is 2.00 bits per heavy atom. The van der Waals surface area contributed by atoms with Gasteiger partial charge < -0.3 is 9.84 Å². The van der Waals surface area contributed by atoms with Gasteiger partial charge in [-0.1, -0.05) is 57.5 Å². The van der Waals surface area contributed by atoms with Gasteiger partial charge in [0, 0.05) is 0 Å². The summed E-state index contributed by atoms with van der Waals surface area (Å²) in [6, 6.07) is 9.38. The van der Waals surface area contributed by atoms with E-state index in [9.17, 15) is 14.7 Å². The number of benzene rings is 1. The summed E-state index contributed by atoms with van der Waals surface area (Å²) in [5.41, 5.74) is 1.05. The van der Waals surface area contributed by atoms with E-state index in [1.807, 2.05) is 44.2 Å². The third-order valence-electron chi connectivity index (χ3n) is 4.64. The van der Waals surface area contributed by atoms with E-state index >= 15 is 0 Å². The second-order valence-electron chi connectivity index (χ2n) is 6.29. The van der Waals surface area contributed by atoms with E-state index in [-0.39, 0.29) is 24.5 Å². The number of hydrogen-bond acceptors (Lipinski definition) is 4. The van der Waals surface area contributed by atoms with Crippen LogP contribution in [0, 0.1) is 11.8 Å². The molecule has 0 aliphatic carbocycles. The monoisotopic (exact) mass is 319 g/mol. The minimum Gasteiger partial charge on any atom is -0.447 e. The molecule has 1 fully saturated rings. The van der Waals surface area contributed by atoms with E-state index < -0.39 is 18.1 Å². The third kappa shape index (κ3) is 3.91. The number of nitrogens with zero attached hydrogens (tertiary/aromatic N) is 1. The Kier molecular flexibility index (Phi) is 5.77. The minimum atomic E-state index is -0.765. The molecule has 1 aliphatic heterocycles. The summed E-state index contributed by atoms with van der Waals surface area (Å²) in [5.74, 6) is -0.991. The van der Waals surface area contributed by atoms with Crippen molar-refractivity contribution in [1.29, 1.82) is 0 Å². The number of ether oxygens (including phenoxy) is 1. The van der Waals surface area contributed by atoms with E-state index in [4.69, 9.17) is 4.74 Å². The maximum atomic E-state index is 12.7. The topological polar surface area (TPSA) is 66.8 Å². The number of aliphatic hydroxyl groups is 1. The lowest BCUT2D eigenvalue weighted by Gasteiger charge is -2.28. The van der Waals surface area contributed by atoms with Crippen LogP contribution in [0.2, 0.25) is 0 Å². The van der Waals surface area contributed by atoms with E-state index in [0.29, 0.717) is 6.42 Å². The lowest BCUT2D eigenvalue weighted by atomic mass is 9.90. The molecular formula is C18H25NO4. The number of cyclic esters (lactones) is 1. The summed E-state index contributed by atoms with van der Waals surface area (Å²) >= 11 is 0. The Morgan fingerprint density at radius 3 is 2.61 bits per heavy atom. The largest absolute Gasteiger partial charge is 0.447 e. The van der Waals surface area contributed by atoms with E-state index in [2.05, 4.69) is 0 Å². The normalized spacial score (nSPS) is 21.7. The second-order valence-corrected chi connectivity index (χ2v) is 6.29. The zero-order chi connectivity index (χ0) is 17.0. The van der Waals surface area contributed by atoms with E-state index in [1.165, 1.54) is 4.90 Å². The molecule has 2 amide bonds. The lowest BCUT2D eigenvalue weighted by molar-refractivity contribution is -0.137. The van der Waals surface area contributed by atoms with Crippen molar-refractivity contribution in [2.75, 3.05) is 6.61 Å². The Hall–Kier alpha value is -1.88. The molecule has 1 heterocycles. The Morgan fingerprint density at radius 1 is 1.35 bits per heavy atom. The SMILES string of the molecule is CC[C@H](C)[C@@H](O)[C@H](C)C(=O)N1C(=O)OC[C@@H]1Cc1ccccc1. The van der Waals surface area contributed by atoms with Crippen molar-refractivity contribution in [3.8, 4) is 0 Å². The summed E-state index contributed by atoms with van der Waals surface area (Å²) in [7, 11) is 0. The molecule has 5 heteroatoms. The second kappa shape index (κ2) is 7.59. The standard InChI is InChI=1S/C18H25NO4/c1-4-12(2)16(20)13(3)17(21)19-15(11-23-18(19)22)10-14-8-6-5-7-9-14/h5-9,12-13,15-16,20H,4,10-11H2,1-3H3/t12-,13-,15-,16+/m0/s1. The number of rotatable bonds is 6. The van der Waals surface area contributed by atoms with E-state index in [0.717, 1.165) is 12.0 Å². The van der Waals surface area contributed by atoms with Crippen LogP contribution in [0.25, 0.3) is 0 Å². The van der Waals surface area contributed by atoms with Gasteiger partial charge in [-0.2, -0.15) is 0 Å². The molecule has 1 N–H and O–H groups in total. The number of aliphatic hydroxyl groups excluding tert-OH is 1. The van der Waals surface area contributed by atoms with Crippen LogP contribution in [0.15, 0.2) is 30.3 Å². The van der Waals surface area contributed by atoms with Crippen molar-refractivity contribution >= 4 is 12.0 Å². The fourth-order valence-corrected chi connectivity index (χ4v) is 2.87. The molecule has 0 saturated carbocycles. The van der Waals surface area contributed by atoms with Crippen molar-refractivity contribution in [2.24, 2.45) is 11.8 Å². The average molecular weight is 319 g/mol. The van der Waals surface area contributed by atoms with Crippen molar-refractivity contribution < 1.29 is 19.4 Å². The summed E-state index contributed by atoms with van der Waals surface area (Å²) < 4.78 is 5.07. The molecule has 1 aromatic carbocycles. The van der Waals surface area contributed by atoms with Gasteiger partial charge in [0.1, 0.15) is 6.61 Å². The highest BCUT2D eigenvalue weighted by molar-refractivity contribution is 5.95. The van der Waals surface area contributed by atoms with Crippen LogP contribution in [0.4, 0.5) is 4.79 Å². The van der Waals surface area contributed by atoms with Gasteiger partial charge in [-0.25, -0.2) is 9.69 Å². The van der Waals surface area contributed by atoms with Crippen molar-refractivity contribution in [3.05, 3.63) is 35.9 Å². The fraction of sp³-hybridized carbons (Fsp3) is 0.556. The molecule has 0 unspecified atom stereocenters. The number of imide groups is 1.